The largest absolute Gasteiger partial charge is 0.271 e. The smallest absolute Gasteiger partial charge is 0.131 e. The second-order valence-electron chi connectivity index (χ2n) is 4.54. The Kier molecular flexibility index (Phi) is 3.55. The summed E-state index contributed by atoms with van der Waals surface area (Å²) in [7, 11) is 0. The predicted molar refractivity (Wildman–Crippen MR) is 75.1 cm³/mol. The van der Waals surface area contributed by atoms with Crippen LogP contribution in [-0.2, 0) is 0 Å². The van der Waals surface area contributed by atoms with Crippen LogP contribution in [0.1, 0.15) is 17.2 Å². The van der Waals surface area contributed by atoms with E-state index in [1.807, 2.05) is 0 Å². The van der Waals surface area contributed by atoms with Gasteiger partial charge in [-0.1, -0.05) is 12.1 Å². The fourth-order valence-electron chi connectivity index (χ4n) is 2.29. The van der Waals surface area contributed by atoms with E-state index in [4.69, 9.17) is 5.84 Å². The normalized spacial score (nSPS) is 12.5. The van der Waals surface area contributed by atoms with Crippen LogP contribution < -0.4 is 11.3 Å². The molecule has 6 heteroatoms. The highest BCUT2D eigenvalue weighted by Crippen LogP contribution is 2.27. The first-order valence-corrected chi connectivity index (χ1v) is 6.31. The summed E-state index contributed by atoms with van der Waals surface area (Å²) in [4.78, 5) is 8.33. The molecule has 2 aromatic carbocycles. The lowest BCUT2D eigenvalue weighted by Crippen LogP contribution is -2.30. The number of hydrogen-bond acceptors (Lipinski definition) is 4. The summed E-state index contributed by atoms with van der Waals surface area (Å²) in [6.07, 6.45) is 3.14. The molecule has 0 aliphatic carbocycles. The van der Waals surface area contributed by atoms with Gasteiger partial charge in [0.25, 0.3) is 0 Å². The first kappa shape index (κ1) is 13.5. The topological polar surface area (TPSA) is 63.8 Å². The molecule has 0 saturated heterocycles. The van der Waals surface area contributed by atoms with Crippen LogP contribution >= 0.6 is 0 Å². The molecular formula is C15H12F2N4. The summed E-state index contributed by atoms with van der Waals surface area (Å²) in [6.45, 7) is 0. The number of halogens is 2. The van der Waals surface area contributed by atoms with Gasteiger partial charge in [-0.2, -0.15) is 0 Å². The van der Waals surface area contributed by atoms with E-state index in [-0.39, 0.29) is 5.56 Å². The van der Waals surface area contributed by atoms with Crippen molar-refractivity contribution in [3.05, 3.63) is 71.6 Å². The van der Waals surface area contributed by atoms with Crippen molar-refractivity contribution in [2.75, 3.05) is 0 Å². The number of rotatable bonds is 3. The molecule has 106 valence electrons. The van der Waals surface area contributed by atoms with E-state index in [0.717, 1.165) is 0 Å². The number of hydrogen-bond donors (Lipinski definition) is 2. The quantitative estimate of drug-likeness (QED) is 0.573. The molecule has 1 aromatic heterocycles. The molecule has 3 rings (SSSR count). The molecule has 0 spiro atoms. The average Bonchev–Trinajstić information content (AvgIpc) is 2.50. The van der Waals surface area contributed by atoms with E-state index in [9.17, 15) is 8.78 Å². The van der Waals surface area contributed by atoms with Gasteiger partial charge in [-0.15, -0.1) is 0 Å². The predicted octanol–water partition coefficient (Wildman–Crippen LogP) is 2.46. The monoisotopic (exact) mass is 286 g/mol. The van der Waals surface area contributed by atoms with Gasteiger partial charge in [0.15, 0.2) is 0 Å². The molecule has 0 aliphatic rings. The molecule has 1 atom stereocenters. The molecule has 21 heavy (non-hydrogen) atoms. The number of aromatic nitrogens is 2. The number of nitrogens with zero attached hydrogens (tertiary/aromatic N) is 2. The highest BCUT2D eigenvalue weighted by Gasteiger charge is 2.21. The Labute approximate surface area is 119 Å². The van der Waals surface area contributed by atoms with Crippen LogP contribution in [0.5, 0.6) is 0 Å². The van der Waals surface area contributed by atoms with Crippen LogP contribution in [0.25, 0.3) is 11.0 Å². The van der Waals surface area contributed by atoms with Crippen LogP contribution in [0, 0.1) is 11.6 Å². The molecule has 0 bridgehead atoms. The summed E-state index contributed by atoms with van der Waals surface area (Å²) >= 11 is 0. The molecular weight excluding hydrogens is 274 g/mol. The zero-order chi connectivity index (χ0) is 14.8. The maximum absolute atomic E-state index is 13.9. The highest BCUT2D eigenvalue weighted by molar-refractivity contribution is 5.74. The molecule has 3 aromatic rings. The van der Waals surface area contributed by atoms with Crippen LogP contribution in [0.3, 0.4) is 0 Å². The Morgan fingerprint density at radius 1 is 0.952 bits per heavy atom. The first-order valence-electron chi connectivity index (χ1n) is 6.31. The SMILES string of the molecule is NNC(c1ccc2nccnc2c1)c1c(F)cccc1F. The van der Waals surface area contributed by atoms with Gasteiger partial charge in [0.2, 0.25) is 0 Å². The molecule has 1 heterocycles. The van der Waals surface area contributed by atoms with Gasteiger partial charge in [0.05, 0.1) is 17.1 Å². The van der Waals surface area contributed by atoms with Crippen molar-refractivity contribution in [3.8, 4) is 0 Å². The summed E-state index contributed by atoms with van der Waals surface area (Å²) in [5.41, 5.74) is 4.27. The number of nitrogens with one attached hydrogen (secondary N) is 1. The third-order valence-corrected chi connectivity index (χ3v) is 3.28. The Bertz CT molecular complexity index is 771. The molecule has 0 aliphatic heterocycles. The zero-order valence-corrected chi connectivity index (χ0v) is 10.9. The second kappa shape index (κ2) is 5.51. The van der Waals surface area contributed by atoms with Crippen molar-refractivity contribution in [1.82, 2.24) is 15.4 Å². The Morgan fingerprint density at radius 3 is 2.29 bits per heavy atom. The Balaban J connectivity index is 2.14. The fraction of sp³-hybridized carbons (Fsp3) is 0.0667. The molecule has 3 N–H and O–H groups in total. The third-order valence-electron chi connectivity index (χ3n) is 3.28. The Morgan fingerprint density at radius 2 is 1.62 bits per heavy atom. The maximum atomic E-state index is 13.9. The number of fused-ring (bicyclic) bond motifs is 1. The van der Waals surface area contributed by atoms with Crippen molar-refractivity contribution in [2.45, 2.75) is 6.04 Å². The van der Waals surface area contributed by atoms with E-state index in [2.05, 4.69) is 15.4 Å². The molecule has 1 unspecified atom stereocenters. The first-order chi connectivity index (χ1) is 10.2. The lowest BCUT2D eigenvalue weighted by atomic mass is 9.97. The lowest BCUT2D eigenvalue weighted by Gasteiger charge is -2.18. The second-order valence-corrected chi connectivity index (χ2v) is 4.54. The van der Waals surface area contributed by atoms with E-state index in [1.165, 1.54) is 18.2 Å². The van der Waals surface area contributed by atoms with Crippen LogP contribution in [0.4, 0.5) is 8.78 Å². The average molecular weight is 286 g/mol. The van der Waals surface area contributed by atoms with Crippen molar-refractivity contribution in [2.24, 2.45) is 5.84 Å². The van der Waals surface area contributed by atoms with Crippen molar-refractivity contribution >= 4 is 11.0 Å². The van der Waals surface area contributed by atoms with Gasteiger partial charge in [-0.05, 0) is 29.8 Å². The van der Waals surface area contributed by atoms with Crippen LogP contribution in [0.15, 0.2) is 48.8 Å². The van der Waals surface area contributed by atoms with Gasteiger partial charge in [0, 0.05) is 18.0 Å². The minimum Gasteiger partial charge on any atom is -0.271 e. The number of hydrazine groups is 1. The van der Waals surface area contributed by atoms with Crippen molar-refractivity contribution in [1.29, 1.82) is 0 Å². The van der Waals surface area contributed by atoms with Gasteiger partial charge in [-0.25, -0.2) is 14.2 Å². The summed E-state index contributed by atoms with van der Waals surface area (Å²) in [5, 5.41) is 0. The van der Waals surface area contributed by atoms with E-state index >= 15 is 0 Å². The van der Waals surface area contributed by atoms with Crippen molar-refractivity contribution in [3.63, 3.8) is 0 Å². The minimum atomic E-state index is -0.808. The van der Waals surface area contributed by atoms with E-state index in [0.29, 0.717) is 16.6 Å². The molecule has 4 nitrogen and oxygen atoms in total. The van der Waals surface area contributed by atoms with Gasteiger partial charge >= 0.3 is 0 Å². The molecule has 0 amide bonds. The van der Waals surface area contributed by atoms with Gasteiger partial charge in [-0.3, -0.25) is 15.8 Å². The molecule has 0 radical (unpaired) electrons. The van der Waals surface area contributed by atoms with Crippen LogP contribution in [-0.4, -0.2) is 9.97 Å². The molecule has 0 saturated carbocycles. The van der Waals surface area contributed by atoms with Crippen molar-refractivity contribution < 1.29 is 8.78 Å². The summed E-state index contributed by atoms with van der Waals surface area (Å²) in [5.74, 6) is 4.19. The van der Waals surface area contributed by atoms with Gasteiger partial charge < -0.3 is 0 Å². The summed E-state index contributed by atoms with van der Waals surface area (Å²) in [6, 6.07) is 8.06. The third kappa shape index (κ3) is 2.46. The lowest BCUT2D eigenvalue weighted by molar-refractivity contribution is 0.511. The maximum Gasteiger partial charge on any atom is 0.131 e. The molecule has 0 fully saturated rings. The van der Waals surface area contributed by atoms with E-state index < -0.39 is 17.7 Å². The summed E-state index contributed by atoms with van der Waals surface area (Å²) < 4.78 is 27.8. The van der Waals surface area contributed by atoms with Crippen LogP contribution in [0.2, 0.25) is 0 Å². The number of nitrogens with two attached hydrogens (primary N) is 1. The fourth-order valence-corrected chi connectivity index (χ4v) is 2.29. The Hall–Kier alpha value is -2.44. The standard InChI is InChI=1S/C15H12F2N4/c16-10-2-1-3-11(17)14(10)15(21-18)9-4-5-12-13(8-9)20-7-6-19-12/h1-8,15,21H,18H2. The highest BCUT2D eigenvalue weighted by atomic mass is 19.1. The van der Waals surface area contributed by atoms with E-state index in [1.54, 1.807) is 30.6 Å². The number of benzene rings is 2. The minimum absolute atomic E-state index is 0.122. The zero-order valence-electron chi connectivity index (χ0n) is 10.9. The van der Waals surface area contributed by atoms with Gasteiger partial charge in [0.1, 0.15) is 11.6 Å².